The summed E-state index contributed by atoms with van der Waals surface area (Å²) in [4.78, 5) is 12.4. The van der Waals surface area contributed by atoms with E-state index in [0.29, 0.717) is 11.6 Å². The van der Waals surface area contributed by atoms with E-state index in [4.69, 9.17) is 17.3 Å². The van der Waals surface area contributed by atoms with Crippen molar-refractivity contribution in [3.05, 3.63) is 46.1 Å². The van der Waals surface area contributed by atoms with E-state index in [1.165, 1.54) is 4.88 Å². The van der Waals surface area contributed by atoms with Gasteiger partial charge in [0.25, 0.3) is 0 Å². The average molecular weight is 336 g/mol. The Morgan fingerprint density at radius 1 is 1.24 bits per heavy atom. The van der Waals surface area contributed by atoms with E-state index in [1.54, 1.807) is 23.1 Å². The third-order valence-corrected chi connectivity index (χ3v) is 5.48. The van der Waals surface area contributed by atoms with Crippen LogP contribution in [-0.4, -0.2) is 9.97 Å². The van der Waals surface area contributed by atoms with Crippen LogP contribution in [0.25, 0.3) is 10.2 Å². The molecule has 2 N–H and O–H groups in total. The number of nitrogens with zero attached hydrogens (tertiary/aromatic N) is 2. The molecule has 0 saturated carbocycles. The first-order valence-electron chi connectivity index (χ1n) is 6.59. The van der Waals surface area contributed by atoms with Crippen molar-refractivity contribution >= 4 is 50.7 Å². The van der Waals surface area contributed by atoms with E-state index >= 15 is 0 Å². The Morgan fingerprint density at radius 3 is 2.71 bits per heavy atom. The number of benzene rings is 1. The second kappa shape index (κ2) is 6.22. The Bertz CT molecular complexity index is 768. The number of halogens is 1. The lowest BCUT2D eigenvalue weighted by molar-refractivity contribution is 1.08. The first kappa shape index (κ1) is 14.6. The lowest BCUT2D eigenvalue weighted by Crippen LogP contribution is -1.98. The molecular weight excluding hydrogens is 322 g/mol. The number of aryl methyl sites for hydroxylation is 1. The van der Waals surface area contributed by atoms with Gasteiger partial charge in [0.2, 0.25) is 0 Å². The smallest absolute Gasteiger partial charge is 0.142 e. The molecule has 0 aliphatic heterocycles. The number of hydrogen-bond donors (Lipinski definition) is 1. The summed E-state index contributed by atoms with van der Waals surface area (Å²) in [7, 11) is 0. The molecule has 0 aliphatic rings. The van der Waals surface area contributed by atoms with E-state index in [-0.39, 0.29) is 0 Å². The molecule has 3 rings (SSSR count). The van der Waals surface area contributed by atoms with Crippen LogP contribution in [0.4, 0.5) is 5.82 Å². The van der Waals surface area contributed by atoms with Gasteiger partial charge in [0.05, 0.1) is 11.1 Å². The highest BCUT2D eigenvalue weighted by Gasteiger charge is 2.09. The Hall–Kier alpha value is -1.30. The average Bonchev–Trinajstić information content (AvgIpc) is 2.90. The molecule has 3 nitrogen and oxygen atoms in total. The van der Waals surface area contributed by atoms with Crippen molar-refractivity contribution in [1.82, 2.24) is 9.97 Å². The number of fused-ring (bicyclic) bond motifs is 1. The zero-order valence-electron chi connectivity index (χ0n) is 11.5. The molecule has 0 spiro atoms. The van der Waals surface area contributed by atoms with Crippen LogP contribution in [0, 0.1) is 0 Å². The van der Waals surface area contributed by atoms with Crippen molar-refractivity contribution in [3.63, 3.8) is 0 Å². The van der Waals surface area contributed by atoms with E-state index < -0.39 is 0 Å². The molecule has 0 radical (unpaired) electrons. The van der Waals surface area contributed by atoms with Gasteiger partial charge in [0.15, 0.2) is 0 Å². The number of rotatable bonds is 4. The maximum Gasteiger partial charge on any atom is 0.142 e. The summed E-state index contributed by atoms with van der Waals surface area (Å²) in [6, 6.07) is 9.85. The summed E-state index contributed by atoms with van der Waals surface area (Å²) in [5.74, 6) is 2.04. The van der Waals surface area contributed by atoms with Crippen molar-refractivity contribution < 1.29 is 0 Å². The summed E-state index contributed by atoms with van der Waals surface area (Å²) >= 11 is 9.25. The van der Waals surface area contributed by atoms with Gasteiger partial charge < -0.3 is 5.73 Å². The third-order valence-electron chi connectivity index (χ3n) is 3.05. The molecular formula is C15H14ClN3S2. The summed E-state index contributed by atoms with van der Waals surface area (Å²) in [6.07, 6.45) is 0.995. The highest BCUT2D eigenvalue weighted by Crippen LogP contribution is 2.29. The molecule has 0 unspecified atom stereocenters. The van der Waals surface area contributed by atoms with Crippen LogP contribution in [0.3, 0.4) is 0 Å². The number of nitrogen functional groups attached to an aromatic ring is 1. The molecule has 0 amide bonds. The van der Waals surface area contributed by atoms with Crippen LogP contribution >= 0.6 is 34.7 Å². The van der Waals surface area contributed by atoms with Gasteiger partial charge in [-0.3, -0.25) is 0 Å². The van der Waals surface area contributed by atoms with Gasteiger partial charge in [-0.25, -0.2) is 9.97 Å². The van der Waals surface area contributed by atoms with Crippen LogP contribution in [0.15, 0.2) is 35.2 Å². The van der Waals surface area contributed by atoms with Gasteiger partial charge in [-0.1, -0.05) is 18.5 Å². The van der Waals surface area contributed by atoms with E-state index in [1.807, 2.05) is 24.3 Å². The van der Waals surface area contributed by atoms with Crippen molar-refractivity contribution in [2.24, 2.45) is 0 Å². The number of nitrogens with two attached hydrogens (primary N) is 1. The van der Waals surface area contributed by atoms with Gasteiger partial charge in [0.1, 0.15) is 16.5 Å². The Morgan fingerprint density at radius 2 is 2.00 bits per heavy atom. The van der Waals surface area contributed by atoms with Gasteiger partial charge >= 0.3 is 0 Å². The second-order valence-corrected chi connectivity index (χ2v) is 7.15. The quantitative estimate of drug-likeness (QED) is 0.697. The van der Waals surface area contributed by atoms with Crippen molar-refractivity contribution in [3.8, 4) is 0 Å². The Balaban J connectivity index is 1.82. The lowest BCUT2D eigenvalue weighted by Gasteiger charge is -2.03. The van der Waals surface area contributed by atoms with Crippen LogP contribution in [-0.2, 0) is 12.2 Å². The normalized spacial score (nSPS) is 11.1. The minimum atomic E-state index is 0.572. The summed E-state index contributed by atoms with van der Waals surface area (Å²) in [5, 5.41) is 1.71. The number of aromatic nitrogens is 2. The summed E-state index contributed by atoms with van der Waals surface area (Å²) in [5.41, 5.74) is 6.04. The zero-order valence-corrected chi connectivity index (χ0v) is 13.9. The molecule has 3 aromatic rings. The molecule has 108 valence electrons. The summed E-state index contributed by atoms with van der Waals surface area (Å²) < 4.78 is 0. The van der Waals surface area contributed by atoms with E-state index in [0.717, 1.165) is 32.4 Å². The number of anilines is 1. The van der Waals surface area contributed by atoms with E-state index in [9.17, 15) is 0 Å². The molecule has 2 aromatic heterocycles. The second-order valence-electron chi connectivity index (χ2n) is 4.55. The topological polar surface area (TPSA) is 51.8 Å². The minimum absolute atomic E-state index is 0.572. The minimum Gasteiger partial charge on any atom is -0.383 e. The summed E-state index contributed by atoms with van der Waals surface area (Å²) in [6.45, 7) is 2.13. The fourth-order valence-electron chi connectivity index (χ4n) is 1.96. The highest BCUT2D eigenvalue weighted by molar-refractivity contribution is 7.98. The molecule has 0 saturated heterocycles. The van der Waals surface area contributed by atoms with Crippen LogP contribution in [0.2, 0.25) is 5.02 Å². The molecule has 0 atom stereocenters. The first-order chi connectivity index (χ1) is 10.2. The first-order valence-corrected chi connectivity index (χ1v) is 8.77. The fraction of sp³-hybridized carbons (Fsp3) is 0.200. The lowest BCUT2D eigenvalue weighted by atomic mass is 10.3. The highest BCUT2D eigenvalue weighted by atomic mass is 35.5. The number of thioether (sulfide) groups is 1. The van der Waals surface area contributed by atoms with Gasteiger partial charge in [-0.2, -0.15) is 0 Å². The fourth-order valence-corrected chi connectivity index (χ4v) is 3.83. The Kier molecular flexibility index (Phi) is 4.33. The SMILES string of the molecule is CCc1cc2c(N)nc(CSc3ccc(Cl)cc3)nc2s1. The maximum absolute atomic E-state index is 6.04. The van der Waals surface area contributed by atoms with Gasteiger partial charge in [0, 0.05) is 14.8 Å². The maximum atomic E-state index is 6.04. The predicted molar refractivity (Wildman–Crippen MR) is 92.2 cm³/mol. The molecule has 21 heavy (non-hydrogen) atoms. The predicted octanol–water partition coefficient (Wildman–Crippen LogP) is 4.78. The van der Waals surface area contributed by atoms with Gasteiger partial charge in [-0.05, 0) is 36.8 Å². The zero-order chi connectivity index (χ0) is 14.8. The van der Waals surface area contributed by atoms with Crippen molar-refractivity contribution in [2.45, 2.75) is 24.0 Å². The molecule has 0 aliphatic carbocycles. The largest absolute Gasteiger partial charge is 0.383 e. The Labute approximate surface area is 136 Å². The molecule has 0 bridgehead atoms. The molecule has 1 aromatic carbocycles. The van der Waals surface area contributed by atoms with Crippen LogP contribution in [0.5, 0.6) is 0 Å². The third kappa shape index (κ3) is 3.31. The van der Waals surface area contributed by atoms with Crippen LogP contribution in [0.1, 0.15) is 17.6 Å². The number of thiophene rings is 1. The molecule has 2 heterocycles. The van der Waals surface area contributed by atoms with Crippen LogP contribution < -0.4 is 5.73 Å². The van der Waals surface area contributed by atoms with Crippen molar-refractivity contribution in [1.29, 1.82) is 0 Å². The molecule has 6 heteroatoms. The standard InChI is InChI=1S/C15H14ClN3S2/c1-2-10-7-12-14(17)18-13(19-15(12)21-10)8-20-11-5-3-9(16)4-6-11/h3-7H,2,8H2,1H3,(H2,17,18,19). The van der Waals surface area contributed by atoms with E-state index in [2.05, 4.69) is 23.0 Å². The van der Waals surface area contributed by atoms with Gasteiger partial charge in [-0.15, -0.1) is 23.1 Å². The monoisotopic (exact) mass is 335 g/mol. The van der Waals surface area contributed by atoms with Crippen molar-refractivity contribution in [2.75, 3.05) is 5.73 Å². The number of hydrogen-bond acceptors (Lipinski definition) is 5. The molecule has 0 fully saturated rings.